The zero-order chi connectivity index (χ0) is 66.3. The van der Waals surface area contributed by atoms with Crippen LogP contribution >= 0.6 is 15.6 Å². The number of carbonyl (C=O) groups excluding carboxylic acids is 4. The topological polar surface area (TPSA) is 237 Å². The summed E-state index contributed by atoms with van der Waals surface area (Å²) in [5.41, 5.74) is 0. The summed E-state index contributed by atoms with van der Waals surface area (Å²) in [6.45, 7) is 7.12. The minimum atomic E-state index is -4.96. The van der Waals surface area contributed by atoms with Crippen molar-refractivity contribution >= 4 is 39.5 Å². The number of carbonyl (C=O) groups is 4. The third-order valence-corrected chi connectivity index (χ3v) is 17.8. The highest BCUT2D eigenvalue weighted by Crippen LogP contribution is 2.45. The first-order valence-electron chi connectivity index (χ1n) is 36.5. The van der Waals surface area contributed by atoms with E-state index < -0.39 is 97.5 Å². The maximum atomic E-state index is 13.0. The molecule has 0 aromatic carbocycles. The molecular formula is C71H134O17P2. The summed E-state index contributed by atoms with van der Waals surface area (Å²) in [5, 5.41) is 10.6. The molecule has 530 valence electrons. The van der Waals surface area contributed by atoms with Crippen molar-refractivity contribution in [3.63, 3.8) is 0 Å². The van der Waals surface area contributed by atoms with Gasteiger partial charge in [-0.05, 0) is 57.3 Å². The lowest BCUT2D eigenvalue weighted by atomic mass is 10.0. The lowest BCUT2D eigenvalue weighted by Crippen LogP contribution is -2.30. The third-order valence-electron chi connectivity index (χ3n) is 15.9. The van der Waals surface area contributed by atoms with Gasteiger partial charge in [0.2, 0.25) is 0 Å². The second-order valence-corrected chi connectivity index (χ2v) is 28.3. The van der Waals surface area contributed by atoms with Crippen molar-refractivity contribution in [2.75, 3.05) is 39.6 Å². The summed E-state index contributed by atoms with van der Waals surface area (Å²) in [7, 11) is -9.90. The standard InChI is InChI=1S/C71H134O17P2/c1-6-9-12-15-17-19-21-23-25-29-32-36-40-45-50-55-69(74)82-61-67(88-71(76)57-52-47-42-38-34-30-26-27-31-35-39-44-48-53-64(4)5)63-86-90(79,80)84-59-65(72)58-83-89(77,78)85-62-66(60-81-68(73)54-49-43-14-11-8-3)87-70(75)56-51-46-41-37-33-28-24-22-20-18-16-13-10-7-2/h19,21,23,25,64-67,72H,6-18,20,22,24,26-63H2,1-5H3,(H,77,78)(H,79,80)/b21-19-,25-23-/t65-,66+,67+/m0/s1. The molecule has 0 aliphatic heterocycles. The van der Waals surface area contributed by atoms with E-state index in [-0.39, 0.29) is 25.7 Å². The van der Waals surface area contributed by atoms with Crippen LogP contribution in [-0.2, 0) is 65.4 Å². The lowest BCUT2D eigenvalue weighted by molar-refractivity contribution is -0.161. The van der Waals surface area contributed by atoms with Gasteiger partial charge in [0.15, 0.2) is 12.2 Å². The van der Waals surface area contributed by atoms with Crippen LogP contribution in [0.3, 0.4) is 0 Å². The number of allylic oxidation sites excluding steroid dienone is 4. The first-order chi connectivity index (χ1) is 43.5. The predicted molar refractivity (Wildman–Crippen MR) is 363 cm³/mol. The van der Waals surface area contributed by atoms with Crippen LogP contribution in [0.5, 0.6) is 0 Å². The molecule has 0 saturated carbocycles. The number of rotatable bonds is 69. The molecule has 0 rings (SSSR count). The van der Waals surface area contributed by atoms with E-state index in [9.17, 15) is 43.2 Å². The summed E-state index contributed by atoms with van der Waals surface area (Å²) in [5.74, 6) is -1.38. The molecule has 0 spiro atoms. The Kier molecular flexibility index (Phi) is 62.2. The fourth-order valence-electron chi connectivity index (χ4n) is 10.3. The molecule has 3 N–H and O–H groups in total. The molecule has 0 radical (unpaired) electrons. The fourth-order valence-corrected chi connectivity index (χ4v) is 11.9. The molecule has 0 aromatic heterocycles. The average molecular weight is 1320 g/mol. The highest BCUT2D eigenvalue weighted by atomic mass is 31.2. The molecule has 0 aliphatic carbocycles. The quantitative estimate of drug-likeness (QED) is 0.0169. The molecule has 0 saturated heterocycles. The molecule has 5 atom stereocenters. The Hall–Kier alpha value is -2.46. The van der Waals surface area contributed by atoms with E-state index in [0.717, 1.165) is 121 Å². The second-order valence-electron chi connectivity index (χ2n) is 25.4. The molecule has 0 amide bonds. The van der Waals surface area contributed by atoms with Gasteiger partial charge in [-0.2, -0.15) is 0 Å². The Labute approximate surface area is 548 Å². The van der Waals surface area contributed by atoms with Gasteiger partial charge in [-0.25, -0.2) is 9.13 Å². The summed E-state index contributed by atoms with van der Waals surface area (Å²) in [4.78, 5) is 72.3. The Bertz CT molecular complexity index is 1830. The number of phosphoric acid groups is 2. The Morgan fingerprint density at radius 2 is 0.600 bits per heavy atom. The molecule has 0 aliphatic rings. The second kappa shape index (κ2) is 63.9. The zero-order valence-corrected chi connectivity index (χ0v) is 59.5. The van der Waals surface area contributed by atoms with Crippen LogP contribution in [-0.4, -0.2) is 96.7 Å². The van der Waals surface area contributed by atoms with Crippen LogP contribution in [0.15, 0.2) is 24.3 Å². The van der Waals surface area contributed by atoms with E-state index in [1.807, 2.05) is 0 Å². The number of hydrogen-bond acceptors (Lipinski definition) is 15. The first-order valence-corrected chi connectivity index (χ1v) is 39.4. The minimum Gasteiger partial charge on any atom is -0.462 e. The van der Waals surface area contributed by atoms with Gasteiger partial charge < -0.3 is 33.8 Å². The van der Waals surface area contributed by atoms with Crippen molar-refractivity contribution in [2.24, 2.45) is 5.92 Å². The van der Waals surface area contributed by atoms with Crippen molar-refractivity contribution in [2.45, 2.75) is 361 Å². The maximum absolute atomic E-state index is 13.0. The SMILES string of the molecule is CCCCCC/C=C\C=C/CCCCCCCC(=O)OC[C@H](COP(=O)(O)OC[C@@H](O)COP(=O)(O)OC[C@@H](COC(=O)CCCCCCC)OC(=O)CCCCCCCCCCCCCCCC)OC(=O)CCCCCCCCCCCCCCCC(C)C. The molecule has 19 heteroatoms. The number of phosphoric ester groups is 2. The van der Waals surface area contributed by atoms with Gasteiger partial charge in [0.05, 0.1) is 26.4 Å². The third kappa shape index (κ3) is 64.3. The molecule has 90 heavy (non-hydrogen) atoms. The van der Waals surface area contributed by atoms with Crippen LogP contribution in [0.1, 0.15) is 343 Å². The Morgan fingerprint density at radius 1 is 0.344 bits per heavy atom. The Morgan fingerprint density at radius 3 is 0.911 bits per heavy atom. The van der Waals surface area contributed by atoms with Gasteiger partial charge in [-0.15, -0.1) is 0 Å². The van der Waals surface area contributed by atoms with Gasteiger partial charge in [-0.1, -0.05) is 290 Å². The van der Waals surface area contributed by atoms with Crippen molar-refractivity contribution in [1.82, 2.24) is 0 Å². The Balaban J connectivity index is 5.19. The number of hydrogen-bond donors (Lipinski definition) is 3. The summed E-state index contributed by atoms with van der Waals surface area (Å²) in [6, 6.07) is 0. The molecular weight excluding hydrogens is 1190 g/mol. The molecule has 0 bridgehead atoms. The van der Waals surface area contributed by atoms with Gasteiger partial charge in [0.25, 0.3) is 0 Å². The highest BCUT2D eigenvalue weighted by Gasteiger charge is 2.30. The summed E-state index contributed by atoms with van der Waals surface area (Å²) in [6.07, 6.45) is 53.8. The van der Waals surface area contributed by atoms with Crippen molar-refractivity contribution in [1.29, 1.82) is 0 Å². The number of ether oxygens (including phenoxy) is 4. The highest BCUT2D eigenvalue weighted by molar-refractivity contribution is 7.47. The monoisotopic (exact) mass is 1320 g/mol. The maximum Gasteiger partial charge on any atom is 0.472 e. The van der Waals surface area contributed by atoms with Crippen LogP contribution in [0.4, 0.5) is 0 Å². The smallest absolute Gasteiger partial charge is 0.462 e. The molecule has 0 fully saturated rings. The van der Waals surface area contributed by atoms with E-state index in [1.54, 1.807) is 0 Å². The van der Waals surface area contributed by atoms with Gasteiger partial charge in [0, 0.05) is 25.7 Å². The van der Waals surface area contributed by atoms with E-state index in [1.165, 1.54) is 141 Å². The van der Waals surface area contributed by atoms with Crippen LogP contribution < -0.4 is 0 Å². The molecule has 0 heterocycles. The van der Waals surface area contributed by atoms with Crippen LogP contribution in [0.25, 0.3) is 0 Å². The molecule has 2 unspecified atom stereocenters. The number of aliphatic hydroxyl groups excluding tert-OH is 1. The van der Waals surface area contributed by atoms with Gasteiger partial charge in [0.1, 0.15) is 19.3 Å². The van der Waals surface area contributed by atoms with E-state index >= 15 is 0 Å². The first kappa shape index (κ1) is 87.5. The fraction of sp³-hybridized carbons (Fsp3) is 0.887. The lowest BCUT2D eigenvalue weighted by Gasteiger charge is -2.21. The summed E-state index contributed by atoms with van der Waals surface area (Å²) >= 11 is 0. The zero-order valence-electron chi connectivity index (χ0n) is 57.8. The van der Waals surface area contributed by atoms with Crippen molar-refractivity contribution in [3.8, 4) is 0 Å². The minimum absolute atomic E-state index is 0.100. The number of esters is 4. The molecule has 17 nitrogen and oxygen atoms in total. The van der Waals surface area contributed by atoms with Crippen molar-refractivity contribution in [3.05, 3.63) is 24.3 Å². The van der Waals surface area contributed by atoms with E-state index in [0.29, 0.717) is 25.7 Å². The number of unbranched alkanes of at least 4 members (excludes halogenated alkanes) is 38. The van der Waals surface area contributed by atoms with E-state index in [4.69, 9.17) is 37.0 Å². The van der Waals surface area contributed by atoms with Gasteiger partial charge in [-0.3, -0.25) is 37.3 Å². The van der Waals surface area contributed by atoms with Crippen molar-refractivity contribution < 1.29 is 80.2 Å². The van der Waals surface area contributed by atoms with E-state index in [2.05, 4.69) is 58.9 Å². The number of aliphatic hydroxyl groups is 1. The normalized spacial score (nSPS) is 14.2. The predicted octanol–water partition coefficient (Wildman–Crippen LogP) is 20.1. The largest absolute Gasteiger partial charge is 0.472 e. The molecule has 0 aromatic rings. The average Bonchev–Trinajstić information content (AvgIpc) is 3.56. The van der Waals surface area contributed by atoms with Crippen LogP contribution in [0, 0.1) is 5.92 Å². The van der Waals surface area contributed by atoms with Gasteiger partial charge >= 0.3 is 39.5 Å². The van der Waals surface area contributed by atoms with Crippen LogP contribution in [0.2, 0.25) is 0 Å². The summed E-state index contributed by atoms with van der Waals surface area (Å²) < 4.78 is 68.1.